The number of hydrogen-bond donors (Lipinski definition) is 1. The average Bonchev–Trinajstić information content (AvgIpc) is 2.43. The minimum atomic E-state index is -0.603. The molecule has 120 valence electrons. The van der Waals surface area contributed by atoms with Crippen LogP contribution in [0.2, 0.25) is 0 Å². The fourth-order valence-corrected chi connectivity index (χ4v) is 2.40. The molecular weight excluding hydrogens is 252 g/mol. The number of carbonyl (C=O) groups is 1. The quantitative estimate of drug-likeness (QED) is 0.627. The molecular formula is C16H34N2O2. The molecule has 0 amide bonds. The highest BCUT2D eigenvalue weighted by molar-refractivity contribution is 5.80. The zero-order chi connectivity index (χ0) is 15.8. The van der Waals surface area contributed by atoms with Gasteiger partial charge in [0.1, 0.15) is 5.54 Å². The molecule has 0 spiro atoms. The third-order valence-corrected chi connectivity index (χ3v) is 4.15. The van der Waals surface area contributed by atoms with Gasteiger partial charge in [0.15, 0.2) is 0 Å². The zero-order valence-electron chi connectivity index (χ0n) is 14.5. The number of carbonyl (C=O) groups excluding carboxylic acids is 1. The van der Waals surface area contributed by atoms with Gasteiger partial charge in [-0.2, -0.15) is 0 Å². The summed E-state index contributed by atoms with van der Waals surface area (Å²) in [7, 11) is 3.59. The smallest absolute Gasteiger partial charge is 0.325 e. The molecule has 0 saturated carbocycles. The van der Waals surface area contributed by atoms with E-state index in [0.717, 1.165) is 25.9 Å². The van der Waals surface area contributed by atoms with Gasteiger partial charge in [-0.15, -0.1) is 0 Å². The lowest BCUT2D eigenvalue weighted by atomic mass is 9.92. The van der Waals surface area contributed by atoms with E-state index in [0.29, 0.717) is 12.0 Å². The number of methoxy groups -OCH3 is 1. The summed E-state index contributed by atoms with van der Waals surface area (Å²) in [5.74, 6) is 0.505. The van der Waals surface area contributed by atoms with Crippen molar-refractivity contribution >= 4 is 5.97 Å². The molecule has 0 aromatic rings. The molecule has 3 unspecified atom stereocenters. The largest absolute Gasteiger partial charge is 0.468 e. The fourth-order valence-electron chi connectivity index (χ4n) is 2.40. The van der Waals surface area contributed by atoms with Crippen LogP contribution in [0, 0.1) is 5.92 Å². The van der Waals surface area contributed by atoms with Crippen LogP contribution in [0.15, 0.2) is 0 Å². The molecule has 0 aromatic heterocycles. The van der Waals surface area contributed by atoms with Crippen LogP contribution < -0.4 is 5.32 Å². The van der Waals surface area contributed by atoms with Gasteiger partial charge in [0.05, 0.1) is 7.11 Å². The van der Waals surface area contributed by atoms with E-state index < -0.39 is 5.54 Å². The van der Waals surface area contributed by atoms with Crippen molar-refractivity contribution in [2.24, 2.45) is 5.92 Å². The highest BCUT2D eigenvalue weighted by Crippen LogP contribution is 2.19. The first-order valence-corrected chi connectivity index (χ1v) is 7.84. The first kappa shape index (κ1) is 19.4. The first-order chi connectivity index (χ1) is 9.30. The van der Waals surface area contributed by atoms with Crippen molar-refractivity contribution in [3.63, 3.8) is 0 Å². The lowest BCUT2D eigenvalue weighted by Crippen LogP contribution is -2.54. The molecule has 0 radical (unpaired) electrons. The number of nitrogens with zero attached hydrogens (tertiary/aromatic N) is 1. The molecule has 0 aliphatic heterocycles. The molecule has 0 aromatic carbocycles. The van der Waals surface area contributed by atoms with E-state index in [1.165, 1.54) is 13.5 Å². The van der Waals surface area contributed by atoms with Gasteiger partial charge < -0.3 is 15.0 Å². The van der Waals surface area contributed by atoms with Crippen LogP contribution in [0.3, 0.4) is 0 Å². The summed E-state index contributed by atoms with van der Waals surface area (Å²) in [4.78, 5) is 14.4. The van der Waals surface area contributed by atoms with Gasteiger partial charge in [0.2, 0.25) is 0 Å². The average molecular weight is 286 g/mol. The van der Waals surface area contributed by atoms with Crippen LogP contribution in [0.4, 0.5) is 0 Å². The van der Waals surface area contributed by atoms with Crippen LogP contribution in [0.1, 0.15) is 53.9 Å². The molecule has 0 bridgehead atoms. The summed E-state index contributed by atoms with van der Waals surface area (Å²) < 4.78 is 4.98. The Labute approximate surface area is 125 Å². The van der Waals surface area contributed by atoms with Gasteiger partial charge in [-0.05, 0) is 46.2 Å². The molecule has 3 atom stereocenters. The molecule has 20 heavy (non-hydrogen) atoms. The van der Waals surface area contributed by atoms with Gasteiger partial charge in [-0.1, -0.05) is 27.2 Å². The maximum atomic E-state index is 12.1. The summed E-state index contributed by atoms with van der Waals surface area (Å²) in [6.07, 6.45) is 2.94. The van der Waals surface area contributed by atoms with Crippen molar-refractivity contribution in [2.75, 3.05) is 27.2 Å². The van der Waals surface area contributed by atoms with Crippen molar-refractivity contribution in [2.45, 2.75) is 65.5 Å². The lowest BCUT2D eigenvalue weighted by Gasteiger charge is -2.35. The molecule has 4 heteroatoms. The Morgan fingerprint density at radius 1 is 1.35 bits per heavy atom. The van der Waals surface area contributed by atoms with Crippen LogP contribution in [0.5, 0.6) is 0 Å². The van der Waals surface area contributed by atoms with Crippen LogP contribution in [0.25, 0.3) is 0 Å². The Morgan fingerprint density at radius 3 is 2.40 bits per heavy atom. The van der Waals surface area contributed by atoms with Crippen molar-refractivity contribution in [3.05, 3.63) is 0 Å². The second kappa shape index (κ2) is 9.35. The minimum Gasteiger partial charge on any atom is -0.468 e. The number of ether oxygens (including phenoxy) is 1. The second-order valence-electron chi connectivity index (χ2n) is 6.26. The fraction of sp³-hybridized carbons (Fsp3) is 0.938. The standard InChI is InChI=1S/C16H34N2O2/c1-8-10-17-16(5,15(19)20-7)11-14(4)18(6)12-13(3)9-2/h13-14,17H,8-12H2,1-7H3. The van der Waals surface area contributed by atoms with Crippen molar-refractivity contribution in [1.82, 2.24) is 10.2 Å². The van der Waals surface area contributed by atoms with Crippen molar-refractivity contribution < 1.29 is 9.53 Å². The first-order valence-electron chi connectivity index (χ1n) is 7.84. The Kier molecular flexibility index (Phi) is 9.06. The molecule has 0 saturated heterocycles. The Hall–Kier alpha value is -0.610. The number of hydrogen-bond acceptors (Lipinski definition) is 4. The number of rotatable bonds is 10. The second-order valence-corrected chi connectivity index (χ2v) is 6.26. The SMILES string of the molecule is CCCNC(C)(CC(C)N(C)CC(C)CC)C(=O)OC. The number of esters is 1. The maximum Gasteiger partial charge on any atom is 0.325 e. The summed E-state index contributed by atoms with van der Waals surface area (Å²) in [6, 6.07) is 0.331. The van der Waals surface area contributed by atoms with E-state index in [4.69, 9.17) is 4.74 Å². The number of nitrogens with one attached hydrogen (secondary N) is 1. The molecule has 4 nitrogen and oxygen atoms in total. The molecule has 0 aliphatic carbocycles. The Balaban J connectivity index is 4.67. The van der Waals surface area contributed by atoms with Crippen molar-refractivity contribution in [1.29, 1.82) is 0 Å². The van der Waals surface area contributed by atoms with E-state index in [1.807, 2.05) is 6.92 Å². The van der Waals surface area contributed by atoms with E-state index >= 15 is 0 Å². The van der Waals surface area contributed by atoms with Gasteiger partial charge in [-0.3, -0.25) is 4.79 Å². The van der Waals surface area contributed by atoms with Gasteiger partial charge in [0, 0.05) is 12.6 Å². The normalized spacial score (nSPS) is 17.6. The van der Waals surface area contributed by atoms with Gasteiger partial charge in [0.25, 0.3) is 0 Å². The van der Waals surface area contributed by atoms with Crippen molar-refractivity contribution in [3.8, 4) is 0 Å². The van der Waals surface area contributed by atoms with Crippen LogP contribution in [-0.4, -0.2) is 49.7 Å². The van der Waals surface area contributed by atoms with E-state index in [-0.39, 0.29) is 5.97 Å². The summed E-state index contributed by atoms with van der Waals surface area (Å²) in [5.41, 5.74) is -0.603. The third-order valence-electron chi connectivity index (χ3n) is 4.15. The Morgan fingerprint density at radius 2 is 1.95 bits per heavy atom. The monoisotopic (exact) mass is 286 g/mol. The van der Waals surface area contributed by atoms with Crippen LogP contribution in [-0.2, 0) is 9.53 Å². The van der Waals surface area contributed by atoms with Gasteiger partial charge >= 0.3 is 5.97 Å². The van der Waals surface area contributed by atoms with E-state index in [1.54, 1.807) is 0 Å². The highest BCUT2D eigenvalue weighted by atomic mass is 16.5. The van der Waals surface area contributed by atoms with E-state index in [9.17, 15) is 4.79 Å². The summed E-state index contributed by atoms with van der Waals surface area (Å²) in [6.45, 7) is 12.6. The summed E-state index contributed by atoms with van der Waals surface area (Å²) >= 11 is 0. The maximum absolute atomic E-state index is 12.1. The molecule has 1 N–H and O–H groups in total. The molecule has 0 rings (SSSR count). The minimum absolute atomic E-state index is 0.172. The topological polar surface area (TPSA) is 41.6 Å². The van der Waals surface area contributed by atoms with E-state index in [2.05, 4.69) is 45.0 Å². The zero-order valence-corrected chi connectivity index (χ0v) is 14.5. The summed E-state index contributed by atoms with van der Waals surface area (Å²) in [5, 5.41) is 3.35. The van der Waals surface area contributed by atoms with Crippen LogP contribution >= 0.6 is 0 Å². The lowest BCUT2D eigenvalue weighted by molar-refractivity contribution is -0.148. The molecule has 0 aliphatic rings. The molecule has 0 fully saturated rings. The highest BCUT2D eigenvalue weighted by Gasteiger charge is 2.36. The Bertz CT molecular complexity index is 284. The third kappa shape index (κ3) is 6.23. The predicted octanol–water partition coefficient (Wildman–Crippen LogP) is 2.67. The molecule has 0 heterocycles. The van der Waals surface area contributed by atoms with Gasteiger partial charge in [-0.25, -0.2) is 0 Å². The predicted molar refractivity (Wildman–Crippen MR) is 84.9 cm³/mol.